The van der Waals surface area contributed by atoms with Crippen LogP contribution in [0.4, 0.5) is 0 Å². The minimum absolute atomic E-state index is 0.000492. The van der Waals surface area contributed by atoms with Gasteiger partial charge in [0.2, 0.25) is 17.2 Å². The summed E-state index contributed by atoms with van der Waals surface area (Å²) in [5, 5.41) is 46.5. The number of ether oxygens (including phenoxy) is 11. The Balaban J connectivity index is 1.23. The predicted octanol–water partition coefficient (Wildman–Crippen LogP) is 0.982. The van der Waals surface area contributed by atoms with Gasteiger partial charge in [-0.05, 0) is 62.4 Å². The second-order valence-corrected chi connectivity index (χ2v) is 17.1. The van der Waals surface area contributed by atoms with Crippen molar-refractivity contribution in [2.75, 3.05) is 48.7 Å². The summed E-state index contributed by atoms with van der Waals surface area (Å²) < 4.78 is 64.7. The topological polar surface area (TPSA) is 233 Å². The molecule has 0 bridgehead atoms. The van der Waals surface area contributed by atoms with Crippen LogP contribution in [-0.2, 0) is 42.7 Å². The molecule has 1 aromatic carbocycles. The monoisotopic (exact) mass is 976 g/mol. The van der Waals surface area contributed by atoms with Gasteiger partial charge in [-0.1, -0.05) is 18.7 Å². The van der Waals surface area contributed by atoms with Crippen molar-refractivity contribution in [1.29, 1.82) is 0 Å². The maximum atomic E-state index is 14.1. The summed E-state index contributed by atoms with van der Waals surface area (Å²) in [5.41, 5.74) is 3.56. The number of benzene rings is 1. The predicted molar refractivity (Wildman–Crippen MR) is 218 cm³/mol. The highest BCUT2D eigenvalue weighted by Gasteiger charge is 2.49. The Bertz CT molecular complexity index is 1520. The molecule has 0 unspecified atom stereocenters. The maximum absolute atomic E-state index is 14.1. The number of likely N-dealkylation sites (N-methyl/N-ethyl adjacent to an activating group) is 1. The van der Waals surface area contributed by atoms with E-state index in [-0.39, 0.29) is 41.4 Å². The van der Waals surface area contributed by atoms with Crippen LogP contribution in [0.25, 0.3) is 0 Å². The van der Waals surface area contributed by atoms with E-state index in [4.69, 9.17) is 56.9 Å². The van der Waals surface area contributed by atoms with Crippen molar-refractivity contribution in [3.63, 3.8) is 0 Å². The number of aliphatic hydroxyl groups is 4. The normalized spacial score (nSPS) is 39.1. The molecular weight excluding hydrogens is 915 g/mol. The lowest BCUT2D eigenvalue weighted by molar-refractivity contribution is -0.330. The number of carbonyl (C=O) groups is 1. The molecule has 4 heterocycles. The summed E-state index contributed by atoms with van der Waals surface area (Å²) in [4.78, 5) is 20.0. The summed E-state index contributed by atoms with van der Waals surface area (Å²) >= 11 is 2.90. The third kappa shape index (κ3) is 10.8. The van der Waals surface area contributed by atoms with Crippen LogP contribution < -0.4 is 25.0 Å². The van der Waals surface area contributed by atoms with E-state index in [1.165, 1.54) is 28.4 Å². The molecule has 0 amide bonds. The third-order valence-corrected chi connectivity index (χ3v) is 13.8. The average Bonchev–Trinajstić information content (AvgIpc) is 3.21. The fourth-order valence-corrected chi connectivity index (χ4v) is 9.61. The highest BCUT2D eigenvalue weighted by molar-refractivity contribution is 14.1. The fourth-order valence-electron chi connectivity index (χ4n) is 7.83. The molecule has 17 atom stereocenters. The highest BCUT2D eigenvalue weighted by atomic mass is 127. The molecule has 6 N–H and O–H groups in total. The number of hydrogen-bond donors (Lipinski definition) is 6. The van der Waals surface area contributed by atoms with Gasteiger partial charge in [-0.2, -0.15) is 5.48 Å². The molecule has 19 nitrogen and oxygen atoms in total. The van der Waals surface area contributed by atoms with Crippen LogP contribution in [0.3, 0.4) is 0 Å². The minimum atomic E-state index is -1.35. The lowest BCUT2D eigenvalue weighted by Crippen LogP contribution is -2.64. The van der Waals surface area contributed by atoms with Crippen LogP contribution in [0, 0.1) is 10.5 Å². The van der Waals surface area contributed by atoms with E-state index in [9.17, 15) is 25.2 Å². The zero-order chi connectivity index (χ0) is 43.3. The quantitative estimate of drug-likeness (QED) is 0.100. The Morgan fingerprint density at radius 1 is 0.814 bits per heavy atom. The number of rotatable bonds is 16. The molecule has 0 saturated carbocycles. The zero-order valence-electron chi connectivity index (χ0n) is 35.0. The van der Waals surface area contributed by atoms with Gasteiger partial charge in [-0.25, -0.2) is 0 Å². The van der Waals surface area contributed by atoms with Gasteiger partial charge < -0.3 is 77.8 Å². The molecule has 4 aliphatic rings. The molecule has 0 aromatic heterocycles. The van der Waals surface area contributed by atoms with Crippen molar-refractivity contribution < 1.29 is 82.2 Å². The van der Waals surface area contributed by atoms with Gasteiger partial charge in [0.05, 0.1) is 77.8 Å². The molecule has 4 aliphatic heterocycles. The SMILES string of the molecule is CCN[C@H]1CO[C@@H](O[C@H]2[C@H](OC)O[C@H](C)[C@@H](NO[C@H]3C[C@H](O)[C@H](SC(=O)c4c(C)c(I)c(O[C@@H]5O[C@@H](C)[C@H](O)[C@@H](OC)[C@H]5O)c(OC)c4OC)[C@@H](C)O3)[C@@H]2O)C[C@@H]1OC. The number of carbonyl (C=O) groups excluding carboxylic acids is 1. The maximum Gasteiger partial charge on any atom is 0.229 e. The Morgan fingerprint density at radius 2 is 1.51 bits per heavy atom. The number of methoxy groups -OCH3 is 5. The van der Waals surface area contributed by atoms with Crippen LogP contribution >= 0.6 is 34.4 Å². The first-order valence-corrected chi connectivity index (χ1v) is 21.6. The van der Waals surface area contributed by atoms with Crippen molar-refractivity contribution in [3.8, 4) is 17.2 Å². The van der Waals surface area contributed by atoms with E-state index >= 15 is 0 Å². The van der Waals surface area contributed by atoms with E-state index < -0.39 is 96.5 Å². The molecule has 0 radical (unpaired) electrons. The Kier molecular flexibility index (Phi) is 18.1. The molecule has 4 saturated heterocycles. The van der Waals surface area contributed by atoms with Crippen molar-refractivity contribution in [1.82, 2.24) is 10.8 Å². The second kappa shape index (κ2) is 21.9. The van der Waals surface area contributed by atoms with Crippen LogP contribution in [0.5, 0.6) is 17.2 Å². The number of halogens is 1. The summed E-state index contributed by atoms with van der Waals surface area (Å²) in [6.45, 7) is 9.95. The number of thioether (sulfide) groups is 1. The first-order chi connectivity index (χ1) is 28.1. The average molecular weight is 977 g/mol. The summed E-state index contributed by atoms with van der Waals surface area (Å²) in [5.74, 6) is 0.321. The Hall–Kier alpha value is -1.23. The standard InChI is InChI=1S/C38H61IN2O17S/c1-11-40-19-14-52-22(13-21(19)47-6)56-33-28(44)26(16(3)54-38(33)51-10)41-58-23-12-20(42)35(18(5)53-23)59-36(46)24-15(2)25(39)31(34(50-9)30(24)48-7)57-37-29(45)32(49-8)27(43)17(4)55-37/h16-23,26-29,32-33,35,37-38,40-45H,11-14H2,1-10H3/t16-,17+,18-,19+,20+,21+,22+,23+,26-,27+,28+,29-,32-,33-,35-,37+,38-/m1/s1. The van der Waals surface area contributed by atoms with Gasteiger partial charge in [-0.3, -0.25) is 9.63 Å². The third-order valence-electron chi connectivity index (χ3n) is 11.1. The van der Waals surface area contributed by atoms with Gasteiger partial charge >= 0.3 is 0 Å². The van der Waals surface area contributed by atoms with Crippen molar-refractivity contribution in [2.45, 2.75) is 151 Å². The van der Waals surface area contributed by atoms with Gasteiger partial charge in [0.1, 0.15) is 30.5 Å². The summed E-state index contributed by atoms with van der Waals surface area (Å²) in [6, 6.07) is -0.795. The minimum Gasteiger partial charge on any atom is -0.492 e. The molecule has 0 spiro atoms. The van der Waals surface area contributed by atoms with Gasteiger partial charge in [0.15, 0.2) is 30.4 Å². The van der Waals surface area contributed by atoms with Crippen LogP contribution in [0.2, 0.25) is 0 Å². The van der Waals surface area contributed by atoms with E-state index in [2.05, 4.69) is 10.8 Å². The van der Waals surface area contributed by atoms with Crippen LogP contribution in [0.15, 0.2) is 0 Å². The summed E-state index contributed by atoms with van der Waals surface area (Å²) in [6.07, 6.45) is -12.1. The molecule has 5 rings (SSSR count). The Morgan fingerprint density at radius 3 is 2.12 bits per heavy atom. The number of hydroxylamine groups is 1. The number of hydrogen-bond acceptors (Lipinski definition) is 20. The van der Waals surface area contributed by atoms with Crippen LogP contribution in [-0.4, -0.2) is 178 Å². The van der Waals surface area contributed by atoms with Gasteiger partial charge in [0.25, 0.3) is 0 Å². The van der Waals surface area contributed by atoms with Crippen LogP contribution in [0.1, 0.15) is 56.5 Å². The zero-order valence-corrected chi connectivity index (χ0v) is 38.0. The van der Waals surface area contributed by atoms with E-state index in [1.807, 2.05) is 29.5 Å². The second-order valence-electron chi connectivity index (χ2n) is 14.9. The van der Waals surface area contributed by atoms with Gasteiger partial charge in [0, 0.05) is 34.2 Å². The van der Waals surface area contributed by atoms with Crippen molar-refractivity contribution >= 4 is 39.5 Å². The largest absolute Gasteiger partial charge is 0.492 e. The lowest BCUT2D eigenvalue weighted by atomic mass is 9.97. The van der Waals surface area contributed by atoms with E-state index in [0.717, 1.165) is 18.3 Å². The number of aliphatic hydroxyl groups excluding tert-OH is 4. The number of nitrogens with one attached hydrogen (secondary N) is 2. The molecule has 1 aromatic rings. The summed E-state index contributed by atoms with van der Waals surface area (Å²) in [7, 11) is 7.24. The lowest BCUT2D eigenvalue weighted by Gasteiger charge is -2.45. The highest BCUT2D eigenvalue weighted by Crippen LogP contribution is 2.48. The molecular formula is C38H61IN2O17S. The molecule has 4 fully saturated rings. The van der Waals surface area contributed by atoms with Crippen molar-refractivity contribution in [3.05, 3.63) is 14.7 Å². The first-order valence-electron chi connectivity index (χ1n) is 19.6. The smallest absolute Gasteiger partial charge is 0.229 e. The molecule has 21 heteroatoms. The van der Waals surface area contributed by atoms with E-state index in [0.29, 0.717) is 22.2 Å². The molecule has 59 heavy (non-hydrogen) atoms. The first kappa shape index (κ1) is 48.8. The fraction of sp³-hybridized carbons (Fsp3) is 0.816. The Labute approximate surface area is 362 Å². The van der Waals surface area contributed by atoms with Crippen molar-refractivity contribution in [2.24, 2.45) is 0 Å². The van der Waals surface area contributed by atoms with E-state index in [1.54, 1.807) is 34.8 Å². The molecule has 0 aliphatic carbocycles. The van der Waals surface area contributed by atoms with Gasteiger partial charge in [-0.15, -0.1) is 0 Å². The molecule has 338 valence electrons.